The molecule has 0 saturated carbocycles. The number of nitrogens with zero attached hydrogens (tertiary/aromatic N) is 1. The van der Waals surface area contributed by atoms with E-state index in [9.17, 15) is 9.59 Å². The van der Waals surface area contributed by atoms with Gasteiger partial charge in [0.05, 0.1) is 6.21 Å². The van der Waals surface area contributed by atoms with Crippen LogP contribution in [0.1, 0.15) is 27.0 Å². The number of carbonyl (C=O) groups excluding carboxylic acids is 2. The van der Waals surface area contributed by atoms with Gasteiger partial charge in [0.25, 0.3) is 5.91 Å². The highest BCUT2D eigenvalue weighted by atomic mass is 16.5. The Morgan fingerprint density at radius 2 is 1.66 bits per heavy atom. The molecule has 0 bridgehead atoms. The molecule has 3 aromatic rings. The van der Waals surface area contributed by atoms with Gasteiger partial charge >= 0.3 is 5.97 Å². The zero-order valence-electron chi connectivity index (χ0n) is 15.9. The predicted octanol–water partition coefficient (Wildman–Crippen LogP) is 4.38. The summed E-state index contributed by atoms with van der Waals surface area (Å²) in [7, 11) is 0. The van der Waals surface area contributed by atoms with E-state index in [0.717, 1.165) is 16.7 Å². The monoisotopic (exact) mass is 384 g/mol. The summed E-state index contributed by atoms with van der Waals surface area (Å²) >= 11 is 0. The third-order valence-corrected chi connectivity index (χ3v) is 3.97. The van der Waals surface area contributed by atoms with Gasteiger partial charge < -0.3 is 4.74 Å². The minimum absolute atomic E-state index is 0.277. The zero-order valence-corrected chi connectivity index (χ0v) is 15.9. The van der Waals surface area contributed by atoms with E-state index in [1.807, 2.05) is 49.4 Å². The second kappa shape index (κ2) is 9.80. The topological polar surface area (TPSA) is 67.8 Å². The highest BCUT2D eigenvalue weighted by Crippen LogP contribution is 2.12. The molecular weight excluding hydrogens is 364 g/mol. The van der Waals surface area contributed by atoms with Crippen LogP contribution < -0.4 is 10.2 Å². The molecule has 0 heterocycles. The molecule has 0 fully saturated rings. The van der Waals surface area contributed by atoms with Gasteiger partial charge in [0.15, 0.2) is 0 Å². The minimum atomic E-state index is -0.458. The zero-order chi connectivity index (χ0) is 20.5. The number of esters is 1. The molecule has 0 aromatic heterocycles. The second-order valence-corrected chi connectivity index (χ2v) is 6.30. The number of benzene rings is 3. The summed E-state index contributed by atoms with van der Waals surface area (Å²) in [5.41, 5.74) is 5.72. The summed E-state index contributed by atoms with van der Waals surface area (Å²) in [5.74, 6) is -0.310. The van der Waals surface area contributed by atoms with Crippen molar-refractivity contribution in [3.8, 4) is 5.75 Å². The lowest BCUT2D eigenvalue weighted by molar-refractivity contribution is -0.128. The van der Waals surface area contributed by atoms with Gasteiger partial charge in [-0.25, -0.2) is 10.2 Å². The van der Waals surface area contributed by atoms with Crippen LogP contribution in [-0.4, -0.2) is 18.1 Å². The van der Waals surface area contributed by atoms with Crippen molar-refractivity contribution < 1.29 is 14.3 Å². The average Bonchev–Trinajstić information content (AvgIpc) is 2.74. The molecule has 29 heavy (non-hydrogen) atoms. The summed E-state index contributed by atoms with van der Waals surface area (Å²) in [5, 5.41) is 3.96. The molecule has 3 aromatic carbocycles. The average molecular weight is 384 g/mol. The second-order valence-electron chi connectivity index (χ2n) is 6.30. The number of aryl methyl sites for hydroxylation is 1. The lowest BCUT2D eigenvalue weighted by Gasteiger charge is -2.02. The summed E-state index contributed by atoms with van der Waals surface area (Å²) in [6.07, 6.45) is 4.60. The Kier molecular flexibility index (Phi) is 6.68. The van der Waals surface area contributed by atoms with E-state index in [1.54, 1.807) is 42.5 Å². The fourth-order valence-electron chi connectivity index (χ4n) is 2.52. The van der Waals surface area contributed by atoms with Crippen molar-refractivity contribution in [3.63, 3.8) is 0 Å². The third-order valence-electron chi connectivity index (χ3n) is 3.97. The number of hydrazone groups is 1. The lowest BCUT2D eigenvalue weighted by Crippen LogP contribution is -2.17. The Hall–Kier alpha value is -3.99. The van der Waals surface area contributed by atoms with Gasteiger partial charge in [0.2, 0.25) is 0 Å². The molecule has 5 heteroatoms. The fraction of sp³-hybridized carbons (Fsp3) is 0.0417. The largest absolute Gasteiger partial charge is 0.423 e. The van der Waals surface area contributed by atoms with Crippen LogP contribution in [0.2, 0.25) is 0 Å². The standard InChI is InChI=1S/C24H20N2O3/c1-18-6-5-9-21(16-18)24(28)26-25-17-20-10-13-22(14-11-20)29-23(27)15-12-19-7-3-2-4-8-19/h2-17H,1H3,(H,26,28). The molecule has 5 nitrogen and oxygen atoms in total. The van der Waals surface area contributed by atoms with Crippen molar-refractivity contribution >= 4 is 24.2 Å². The van der Waals surface area contributed by atoms with Crippen molar-refractivity contribution in [3.05, 3.63) is 107 Å². The molecule has 0 spiro atoms. The lowest BCUT2D eigenvalue weighted by atomic mass is 10.1. The summed E-state index contributed by atoms with van der Waals surface area (Å²) < 4.78 is 5.26. The number of nitrogens with one attached hydrogen (secondary N) is 1. The van der Waals surface area contributed by atoms with Gasteiger partial charge in [0.1, 0.15) is 5.75 Å². The molecule has 0 atom stereocenters. The predicted molar refractivity (Wildman–Crippen MR) is 114 cm³/mol. The molecule has 0 aliphatic rings. The first-order chi connectivity index (χ1) is 14.1. The summed E-state index contributed by atoms with van der Waals surface area (Å²) in [6.45, 7) is 1.92. The number of hydrogen-bond donors (Lipinski definition) is 1. The van der Waals surface area contributed by atoms with Crippen LogP contribution in [0.4, 0.5) is 0 Å². The molecule has 3 rings (SSSR count). The van der Waals surface area contributed by atoms with Crippen molar-refractivity contribution in [2.75, 3.05) is 0 Å². The highest BCUT2D eigenvalue weighted by molar-refractivity contribution is 5.95. The van der Waals surface area contributed by atoms with Crippen LogP contribution in [0, 0.1) is 6.92 Å². The van der Waals surface area contributed by atoms with Crippen LogP contribution in [0.5, 0.6) is 5.75 Å². The highest BCUT2D eigenvalue weighted by Gasteiger charge is 2.03. The Morgan fingerprint density at radius 1 is 0.897 bits per heavy atom. The van der Waals surface area contributed by atoms with Crippen LogP contribution in [0.15, 0.2) is 90.0 Å². The molecule has 0 saturated heterocycles. The molecule has 1 N–H and O–H groups in total. The van der Waals surface area contributed by atoms with Crippen LogP contribution in [0.25, 0.3) is 6.08 Å². The van der Waals surface area contributed by atoms with Crippen molar-refractivity contribution in [2.24, 2.45) is 5.10 Å². The third kappa shape index (κ3) is 6.29. The maximum atomic E-state index is 12.0. The van der Waals surface area contributed by atoms with E-state index >= 15 is 0 Å². The maximum Gasteiger partial charge on any atom is 0.336 e. The number of hydrogen-bond acceptors (Lipinski definition) is 4. The number of rotatable bonds is 6. The van der Waals surface area contributed by atoms with Crippen molar-refractivity contribution in [1.29, 1.82) is 0 Å². The Morgan fingerprint density at radius 3 is 2.38 bits per heavy atom. The van der Waals surface area contributed by atoms with E-state index in [2.05, 4.69) is 10.5 Å². The molecule has 1 amide bonds. The van der Waals surface area contributed by atoms with Crippen LogP contribution in [-0.2, 0) is 4.79 Å². The van der Waals surface area contributed by atoms with Gasteiger partial charge in [-0.2, -0.15) is 5.10 Å². The Bertz CT molecular complexity index is 1040. The van der Waals surface area contributed by atoms with Crippen molar-refractivity contribution in [1.82, 2.24) is 5.43 Å². The first-order valence-corrected chi connectivity index (χ1v) is 9.05. The quantitative estimate of drug-likeness (QED) is 0.225. The normalized spacial score (nSPS) is 10.9. The van der Waals surface area contributed by atoms with Crippen LogP contribution >= 0.6 is 0 Å². The molecule has 0 aliphatic heterocycles. The van der Waals surface area contributed by atoms with Gasteiger partial charge in [-0.1, -0.05) is 48.0 Å². The Balaban J connectivity index is 1.52. The minimum Gasteiger partial charge on any atom is -0.423 e. The van der Waals surface area contributed by atoms with E-state index in [4.69, 9.17) is 4.74 Å². The fourth-order valence-corrected chi connectivity index (χ4v) is 2.52. The van der Waals surface area contributed by atoms with Gasteiger partial charge in [0, 0.05) is 11.6 Å². The first-order valence-electron chi connectivity index (χ1n) is 9.05. The first kappa shape index (κ1) is 19.8. The van der Waals surface area contributed by atoms with E-state index in [0.29, 0.717) is 11.3 Å². The smallest absolute Gasteiger partial charge is 0.336 e. The number of amides is 1. The molecule has 0 aliphatic carbocycles. The van der Waals surface area contributed by atoms with Crippen molar-refractivity contribution in [2.45, 2.75) is 6.92 Å². The van der Waals surface area contributed by atoms with Gasteiger partial charge in [-0.05, 0) is 60.5 Å². The molecule has 0 radical (unpaired) electrons. The van der Waals surface area contributed by atoms with Gasteiger partial charge in [-0.3, -0.25) is 4.79 Å². The SMILES string of the molecule is Cc1cccc(C(=O)NN=Cc2ccc(OC(=O)C=Cc3ccccc3)cc2)c1. The van der Waals surface area contributed by atoms with Crippen LogP contribution in [0.3, 0.4) is 0 Å². The molecule has 144 valence electrons. The molecule has 0 unspecified atom stereocenters. The van der Waals surface area contributed by atoms with E-state index in [1.165, 1.54) is 12.3 Å². The number of carbonyl (C=O) groups is 2. The molecular formula is C24H20N2O3. The van der Waals surface area contributed by atoms with Gasteiger partial charge in [-0.15, -0.1) is 0 Å². The summed E-state index contributed by atoms with van der Waals surface area (Å²) in [4.78, 5) is 23.9. The summed E-state index contributed by atoms with van der Waals surface area (Å²) in [6, 6.07) is 23.6. The van der Waals surface area contributed by atoms with E-state index in [-0.39, 0.29) is 5.91 Å². The maximum absolute atomic E-state index is 12.0. The van der Waals surface area contributed by atoms with E-state index < -0.39 is 5.97 Å². The Labute approximate surface area is 169 Å². The number of ether oxygens (including phenoxy) is 1.